The topological polar surface area (TPSA) is 77.5 Å². The van der Waals surface area contributed by atoms with Crippen LogP contribution in [0.4, 0.5) is 11.4 Å². The van der Waals surface area contributed by atoms with E-state index in [4.69, 9.17) is 11.6 Å². The fraction of sp³-hybridized carbons (Fsp3) is 0.308. The quantitative estimate of drug-likeness (QED) is 0.477. The average Bonchev–Trinajstić information content (AvgIpc) is 3.28. The second-order valence-electron chi connectivity index (χ2n) is 8.72. The molecule has 33 heavy (non-hydrogen) atoms. The van der Waals surface area contributed by atoms with Gasteiger partial charge in [0.15, 0.2) is 0 Å². The third-order valence-corrected chi connectivity index (χ3v) is 6.97. The molecule has 1 fully saturated rings. The molecule has 1 aromatic heterocycles. The number of rotatable bonds is 6. The lowest BCUT2D eigenvalue weighted by molar-refractivity contribution is -0.113. The Balaban J connectivity index is 1.46. The van der Waals surface area contributed by atoms with Gasteiger partial charge in [0.2, 0.25) is 5.91 Å². The molecule has 3 N–H and O–H groups in total. The van der Waals surface area contributed by atoms with Gasteiger partial charge in [0.25, 0.3) is 0 Å². The fourth-order valence-electron chi connectivity index (χ4n) is 5.18. The van der Waals surface area contributed by atoms with Crippen LogP contribution in [0.3, 0.4) is 0 Å². The number of amides is 1. The molecule has 3 aromatic rings. The van der Waals surface area contributed by atoms with Crippen LogP contribution in [0.25, 0.3) is 11.1 Å². The number of aliphatic hydroxyl groups is 1. The van der Waals surface area contributed by atoms with Crippen LogP contribution in [-0.4, -0.2) is 46.0 Å². The Bertz CT molecular complexity index is 1120. The molecule has 0 unspecified atom stereocenters. The molecule has 170 valence electrons. The van der Waals surface area contributed by atoms with E-state index >= 15 is 0 Å². The second kappa shape index (κ2) is 9.51. The Morgan fingerprint density at radius 1 is 1.12 bits per heavy atom. The first kappa shape index (κ1) is 21.9. The Morgan fingerprint density at radius 2 is 1.88 bits per heavy atom. The van der Waals surface area contributed by atoms with Crippen molar-refractivity contribution in [2.75, 3.05) is 29.7 Å². The molecule has 2 aliphatic rings. The van der Waals surface area contributed by atoms with Gasteiger partial charge in [-0.1, -0.05) is 18.2 Å². The highest BCUT2D eigenvalue weighted by Crippen LogP contribution is 2.47. The van der Waals surface area contributed by atoms with E-state index in [0.29, 0.717) is 5.92 Å². The molecular formula is C26H27ClN4O2. The number of likely N-dealkylation sites (tertiary alicyclic amines) is 1. The molecule has 2 aromatic carbocycles. The number of aliphatic hydroxyl groups excluding tert-OH is 1. The van der Waals surface area contributed by atoms with E-state index in [1.807, 2.05) is 36.7 Å². The summed E-state index contributed by atoms with van der Waals surface area (Å²) in [6.45, 7) is 1.98. The normalized spacial score (nSPS) is 21.7. The van der Waals surface area contributed by atoms with Crippen LogP contribution in [-0.2, 0) is 11.3 Å². The zero-order valence-electron chi connectivity index (χ0n) is 18.2. The first-order valence-electron chi connectivity index (χ1n) is 11.3. The lowest BCUT2D eigenvalue weighted by Crippen LogP contribution is -2.41. The number of hydrogen-bond donors (Lipinski definition) is 3. The van der Waals surface area contributed by atoms with E-state index in [1.165, 1.54) is 11.1 Å². The highest BCUT2D eigenvalue weighted by molar-refractivity contribution is 6.29. The van der Waals surface area contributed by atoms with E-state index in [2.05, 4.69) is 50.8 Å². The number of carbonyl (C=O) groups excluding carboxylic acids is 1. The maximum atomic E-state index is 11.5. The number of alkyl halides is 1. The van der Waals surface area contributed by atoms with Crippen LogP contribution < -0.4 is 10.6 Å². The molecule has 5 rings (SSSR count). The number of pyridine rings is 1. The molecule has 2 aliphatic heterocycles. The van der Waals surface area contributed by atoms with Crippen molar-refractivity contribution in [2.45, 2.75) is 25.0 Å². The van der Waals surface area contributed by atoms with Gasteiger partial charge in [-0.3, -0.25) is 14.7 Å². The van der Waals surface area contributed by atoms with Crippen molar-refractivity contribution in [3.63, 3.8) is 0 Å². The van der Waals surface area contributed by atoms with Gasteiger partial charge in [0.05, 0.1) is 12.6 Å². The zero-order valence-corrected chi connectivity index (χ0v) is 19.0. The second-order valence-corrected chi connectivity index (χ2v) is 8.99. The molecule has 0 spiro atoms. The summed E-state index contributed by atoms with van der Waals surface area (Å²) in [4.78, 5) is 18.2. The van der Waals surface area contributed by atoms with Crippen LogP contribution >= 0.6 is 11.6 Å². The van der Waals surface area contributed by atoms with Crippen molar-refractivity contribution in [1.82, 2.24) is 9.88 Å². The number of anilines is 2. The third kappa shape index (κ3) is 4.47. The first-order valence-corrected chi connectivity index (χ1v) is 11.8. The number of nitrogens with zero attached hydrogens (tertiary/aromatic N) is 2. The summed E-state index contributed by atoms with van der Waals surface area (Å²) < 4.78 is 0. The molecule has 0 bridgehead atoms. The predicted molar refractivity (Wildman–Crippen MR) is 131 cm³/mol. The summed E-state index contributed by atoms with van der Waals surface area (Å²) in [6.07, 6.45) is 4.73. The Labute approximate surface area is 198 Å². The van der Waals surface area contributed by atoms with E-state index in [1.54, 1.807) is 0 Å². The molecule has 6 nitrogen and oxygen atoms in total. The molecule has 0 saturated carbocycles. The van der Waals surface area contributed by atoms with E-state index in [9.17, 15) is 9.90 Å². The van der Waals surface area contributed by atoms with E-state index in [-0.39, 0.29) is 30.5 Å². The number of carbonyl (C=O) groups is 1. The highest BCUT2D eigenvalue weighted by Gasteiger charge is 2.43. The van der Waals surface area contributed by atoms with Crippen molar-refractivity contribution < 1.29 is 9.90 Å². The largest absolute Gasteiger partial charge is 0.394 e. The number of aromatic nitrogens is 1. The maximum absolute atomic E-state index is 11.5. The molecule has 1 saturated heterocycles. The molecule has 3 atom stereocenters. The van der Waals surface area contributed by atoms with Crippen LogP contribution in [0.5, 0.6) is 0 Å². The van der Waals surface area contributed by atoms with Crippen LogP contribution in [0, 0.1) is 5.92 Å². The molecule has 0 radical (unpaired) electrons. The standard InChI is InChI=1S/C26H27ClN4O2/c27-14-25(33)29-20-4-1-18(2-5-20)19-3-6-23-22(13-19)26-21(24(16-32)30-23)9-12-31(26)15-17-7-10-28-11-8-17/h1-8,10-11,13,21,24,26,30,32H,9,12,14-16H2,(H,29,33)/t21-,24-,26-/m1/s1. The molecule has 1 amide bonds. The van der Waals surface area contributed by atoms with Gasteiger partial charge < -0.3 is 15.7 Å². The summed E-state index contributed by atoms with van der Waals surface area (Å²) in [6, 6.07) is 18.8. The molecule has 7 heteroatoms. The lowest BCUT2D eigenvalue weighted by atomic mass is 9.82. The molecule has 0 aliphatic carbocycles. The van der Waals surface area contributed by atoms with Gasteiger partial charge in [-0.05, 0) is 71.6 Å². The third-order valence-electron chi connectivity index (χ3n) is 6.73. The van der Waals surface area contributed by atoms with Crippen LogP contribution in [0.15, 0.2) is 67.0 Å². The lowest BCUT2D eigenvalue weighted by Gasteiger charge is -2.39. The predicted octanol–water partition coefficient (Wildman–Crippen LogP) is 4.28. The van der Waals surface area contributed by atoms with Gasteiger partial charge in [-0.15, -0.1) is 11.6 Å². The van der Waals surface area contributed by atoms with Crippen LogP contribution in [0.1, 0.15) is 23.6 Å². The monoisotopic (exact) mass is 462 g/mol. The fourth-order valence-corrected chi connectivity index (χ4v) is 5.24. The first-order chi connectivity index (χ1) is 16.2. The Hall–Kier alpha value is -2.93. The van der Waals surface area contributed by atoms with Gasteiger partial charge in [-0.25, -0.2) is 0 Å². The van der Waals surface area contributed by atoms with Gasteiger partial charge in [0, 0.05) is 42.3 Å². The van der Waals surface area contributed by atoms with Crippen molar-refractivity contribution in [1.29, 1.82) is 0 Å². The molecular weight excluding hydrogens is 436 g/mol. The summed E-state index contributed by atoms with van der Waals surface area (Å²) in [5.74, 6) is 0.0736. The number of halogens is 1. The van der Waals surface area contributed by atoms with Crippen LogP contribution in [0.2, 0.25) is 0 Å². The van der Waals surface area contributed by atoms with Crippen molar-refractivity contribution in [3.05, 3.63) is 78.1 Å². The number of benzene rings is 2. The van der Waals surface area contributed by atoms with Gasteiger partial charge >= 0.3 is 0 Å². The Kier molecular flexibility index (Phi) is 6.31. The SMILES string of the molecule is O=C(CCl)Nc1ccc(-c2ccc3c(c2)[C@H]2[C@H](CCN2Cc2ccncc2)[C@@H](CO)N3)cc1. The Morgan fingerprint density at radius 3 is 2.61 bits per heavy atom. The number of hydrogen-bond acceptors (Lipinski definition) is 5. The smallest absolute Gasteiger partial charge is 0.239 e. The number of fused-ring (bicyclic) bond motifs is 3. The summed E-state index contributed by atoms with van der Waals surface area (Å²) in [5, 5.41) is 16.4. The molecule has 3 heterocycles. The summed E-state index contributed by atoms with van der Waals surface area (Å²) in [5.41, 5.74) is 6.55. The summed E-state index contributed by atoms with van der Waals surface area (Å²) >= 11 is 5.58. The average molecular weight is 463 g/mol. The van der Waals surface area contributed by atoms with Crippen molar-refractivity contribution >= 4 is 28.9 Å². The minimum absolute atomic E-state index is 0.0561. The van der Waals surface area contributed by atoms with E-state index in [0.717, 1.165) is 42.0 Å². The van der Waals surface area contributed by atoms with Gasteiger partial charge in [-0.2, -0.15) is 0 Å². The van der Waals surface area contributed by atoms with Crippen molar-refractivity contribution in [3.8, 4) is 11.1 Å². The summed E-state index contributed by atoms with van der Waals surface area (Å²) in [7, 11) is 0. The maximum Gasteiger partial charge on any atom is 0.239 e. The zero-order chi connectivity index (χ0) is 22.8. The minimum atomic E-state index is -0.218. The number of nitrogens with one attached hydrogen (secondary N) is 2. The van der Waals surface area contributed by atoms with Gasteiger partial charge in [0.1, 0.15) is 5.88 Å². The van der Waals surface area contributed by atoms with Crippen molar-refractivity contribution in [2.24, 2.45) is 5.92 Å². The minimum Gasteiger partial charge on any atom is -0.394 e. The highest BCUT2D eigenvalue weighted by atomic mass is 35.5. The van der Waals surface area contributed by atoms with E-state index < -0.39 is 0 Å².